The molecule has 6 heteroatoms. The van der Waals surface area contributed by atoms with Crippen LogP contribution in [0.25, 0.3) is 0 Å². The van der Waals surface area contributed by atoms with Crippen molar-refractivity contribution in [3.63, 3.8) is 0 Å². The van der Waals surface area contributed by atoms with Crippen molar-refractivity contribution in [1.29, 1.82) is 0 Å². The third-order valence-electron chi connectivity index (χ3n) is 5.64. The summed E-state index contributed by atoms with van der Waals surface area (Å²) < 4.78 is 13.7. The van der Waals surface area contributed by atoms with Gasteiger partial charge in [-0.25, -0.2) is 9.18 Å². The second kappa shape index (κ2) is 9.74. The Bertz CT molecular complexity index is 915. The van der Waals surface area contributed by atoms with E-state index in [1.165, 1.54) is 6.07 Å². The lowest BCUT2D eigenvalue weighted by Gasteiger charge is -2.37. The molecule has 1 heterocycles. The van der Waals surface area contributed by atoms with Gasteiger partial charge in [0.2, 0.25) is 5.91 Å². The van der Waals surface area contributed by atoms with Crippen LogP contribution >= 0.6 is 0 Å². The van der Waals surface area contributed by atoms with Gasteiger partial charge < -0.3 is 15.5 Å². The van der Waals surface area contributed by atoms with Crippen LogP contribution in [0.5, 0.6) is 0 Å². The number of likely N-dealkylation sites (tertiary alicyclic amines) is 1. The molecular formula is C24H30FN3O2. The standard InChI is InChI=1S/C24H30FN3O2/c1-4-26-24(30)28-14-20(19-8-9-22(25)17(3)11-19)12-21(15-28)23(29)27-13-18-7-5-6-16(2)10-18/h5-11,20-21H,4,12-15H2,1-3H3,(H,26,30)(H,27,29)/t20-,21+/m1/s1. The van der Waals surface area contributed by atoms with E-state index in [-0.39, 0.29) is 29.6 Å². The number of hydrogen-bond donors (Lipinski definition) is 2. The molecule has 1 aliphatic heterocycles. The summed E-state index contributed by atoms with van der Waals surface area (Å²) in [4.78, 5) is 27.2. The summed E-state index contributed by atoms with van der Waals surface area (Å²) in [6.07, 6.45) is 0.626. The van der Waals surface area contributed by atoms with Crippen LogP contribution in [0.2, 0.25) is 0 Å². The van der Waals surface area contributed by atoms with Crippen molar-refractivity contribution >= 4 is 11.9 Å². The molecule has 1 aliphatic rings. The number of urea groups is 1. The molecule has 3 amide bonds. The number of benzene rings is 2. The Labute approximate surface area is 177 Å². The van der Waals surface area contributed by atoms with Crippen LogP contribution in [0.3, 0.4) is 0 Å². The molecule has 0 aromatic heterocycles. The SMILES string of the molecule is CCNC(=O)N1C[C@@H](C(=O)NCc2cccc(C)c2)C[C@@H](c2ccc(F)c(C)c2)C1. The van der Waals surface area contributed by atoms with Gasteiger partial charge in [-0.2, -0.15) is 0 Å². The lowest BCUT2D eigenvalue weighted by Crippen LogP contribution is -2.51. The maximum atomic E-state index is 13.7. The minimum atomic E-state index is -0.318. The molecule has 1 fully saturated rings. The Morgan fingerprint density at radius 2 is 1.90 bits per heavy atom. The van der Waals surface area contributed by atoms with Gasteiger partial charge >= 0.3 is 6.03 Å². The summed E-state index contributed by atoms with van der Waals surface area (Å²) in [6.45, 7) is 7.50. The van der Waals surface area contributed by atoms with Crippen LogP contribution in [0, 0.1) is 25.6 Å². The molecule has 1 saturated heterocycles. The molecule has 3 rings (SSSR count). The number of nitrogens with one attached hydrogen (secondary N) is 2. The molecule has 0 saturated carbocycles. The molecule has 0 bridgehead atoms. The molecule has 5 nitrogen and oxygen atoms in total. The van der Waals surface area contributed by atoms with Crippen LogP contribution in [-0.4, -0.2) is 36.5 Å². The minimum Gasteiger partial charge on any atom is -0.352 e. The normalized spacial score (nSPS) is 18.7. The van der Waals surface area contributed by atoms with Crippen molar-refractivity contribution in [1.82, 2.24) is 15.5 Å². The van der Waals surface area contributed by atoms with E-state index in [0.29, 0.717) is 38.2 Å². The fourth-order valence-electron chi connectivity index (χ4n) is 4.04. The number of aryl methyl sites for hydroxylation is 2. The van der Waals surface area contributed by atoms with Gasteiger partial charge in [-0.3, -0.25) is 4.79 Å². The zero-order valence-electron chi connectivity index (χ0n) is 17.9. The third kappa shape index (κ3) is 5.38. The second-order valence-corrected chi connectivity index (χ2v) is 8.09. The first-order valence-electron chi connectivity index (χ1n) is 10.5. The van der Waals surface area contributed by atoms with Crippen molar-refractivity contribution in [2.75, 3.05) is 19.6 Å². The van der Waals surface area contributed by atoms with Crippen molar-refractivity contribution < 1.29 is 14.0 Å². The highest BCUT2D eigenvalue weighted by Gasteiger charge is 2.34. The topological polar surface area (TPSA) is 61.4 Å². The Morgan fingerprint density at radius 3 is 2.60 bits per heavy atom. The van der Waals surface area contributed by atoms with Crippen molar-refractivity contribution in [3.8, 4) is 0 Å². The summed E-state index contributed by atoms with van der Waals surface area (Å²) in [5.41, 5.74) is 3.72. The summed E-state index contributed by atoms with van der Waals surface area (Å²) >= 11 is 0. The van der Waals surface area contributed by atoms with Crippen molar-refractivity contribution in [2.24, 2.45) is 5.92 Å². The molecule has 0 unspecified atom stereocenters. The number of carbonyl (C=O) groups is 2. The van der Waals surface area contributed by atoms with E-state index in [2.05, 4.69) is 10.6 Å². The Kier molecular flexibility index (Phi) is 7.08. The van der Waals surface area contributed by atoms with Gasteiger partial charge in [-0.15, -0.1) is 0 Å². The molecule has 2 aromatic rings. The predicted molar refractivity (Wildman–Crippen MR) is 116 cm³/mol. The van der Waals surface area contributed by atoms with Gasteiger partial charge in [-0.05, 0) is 49.9 Å². The van der Waals surface area contributed by atoms with E-state index < -0.39 is 0 Å². The largest absolute Gasteiger partial charge is 0.352 e. The van der Waals surface area contributed by atoms with Crippen molar-refractivity contribution in [2.45, 2.75) is 39.7 Å². The average Bonchev–Trinajstić information content (AvgIpc) is 2.74. The van der Waals surface area contributed by atoms with E-state index in [1.54, 1.807) is 17.9 Å². The Balaban J connectivity index is 1.75. The van der Waals surface area contributed by atoms with E-state index in [1.807, 2.05) is 44.2 Å². The van der Waals surface area contributed by atoms with E-state index >= 15 is 0 Å². The quantitative estimate of drug-likeness (QED) is 0.784. The highest BCUT2D eigenvalue weighted by atomic mass is 19.1. The third-order valence-corrected chi connectivity index (χ3v) is 5.64. The van der Waals surface area contributed by atoms with Gasteiger partial charge in [0.05, 0.1) is 5.92 Å². The number of carbonyl (C=O) groups excluding carboxylic acids is 2. The zero-order valence-corrected chi connectivity index (χ0v) is 17.9. The van der Waals surface area contributed by atoms with Gasteiger partial charge in [-0.1, -0.05) is 42.0 Å². The van der Waals surface area contributed by atoms with Crippen LogP contribution in [0.15, 0.2) is 42.5 Å². The first-order chi connectivity index (χ1) is 14.4. The number of halogens is 1. The number of hydrogen-bond acceptors (Lipinski definition) is 2. The first kappa shape index (κ1) is 21.8. The maximum absolute atomic E-state index is 13.7. The van der Waals surface area contributed by atoms with Crippen LogP contribution < -0.4 is 10.6 Å². The molecule has 0 aliphatic carbocycles. The molecular weight excluding hydrogens is 381 g/mol. The Morgan fingerprint density at radius 1 is 1.10 bits per heavy atom. The summed E-state index contributed by atoms with van der Waals surface area (Å²) in [7, 11) is 0. The summed E-state index contributed by atoms with van der Waals surface area (Å²) in [5, 5.41) is 5.85. The average molecular weight is 412 g/mol. The van der Waals surface area contributed by atoms with Crippen LogP contribution in [0.4, 0.5) is 9.18 Å². The predicted octanol–water partition coefficient (Wildman–Crippen LogP) is 3.89. The van der Waals surface area contributed by atoms with Gasteiger partial charge in [0.15, 0.2) is 0 Å². The lowest BCUT2D eigenvalue weighted by atomic mass is 9.83. The van der Waals surface area contributed by atoms with E-state index in [4.69, 9.17) is 0 Å². The fourth-order valence-corrected chi connectivity index (χ4v) is 4.04. The summed E-state index contributed by atoms with van der Waals surface area (Å²) in [5.74, 6) is -0.645. The Hall–Kier alpha value is -2.89. The second-order valence-electron chi connectivity index (χ2n) is 8.09. The number of rotatable bonds is 5. The zero-order chi connectivity index (χ0) is 21.7. The smallest absolute Gasteiger partial charge is 0.317 e. The molecule has 2 atom stereocenters. The van der Waals surface area contributed by atoms with Gasteiger partial charge in [0.25, 0.3) is 0 Å². The lowest BCUT2D eigenvalue weighted by molar-refractivity contribution is -0.126. The number of nitrogens with zero attached hydrogens (tertiary/aromatic N) is 1. The van der Waals surface area contributed by atoms with Crippen molar-refractivity contribution in [3.05, 3.63) is 70.5 Å². The van der Waals surface area contributed by atoms with Gasteiger partial charge in [0, 0.05) is 32.1 Å². The minimum absolute atomic E-state index is 0.0182. The molecule has 2 N–H and O–H groups in total. The molecule has 0 spiro atoms. The number of piperidine rings is 1. The fraction of sp³-hybridized carbons (Fsp3) is 0.417. The van der Waals surface area contributed by atoms with Crippen LogP contribution in [0.1, 0.15) is 41.5 Å². The summed E-state index contributed by atoms with van der Waals surface area (Å²) in [6, 6.07) is 12.9. The van der Waals surface area contributed by atoms with Gasteiger partial charge in [0.1, 0.15) is 5.82 Å². The molecule has 2 aromatic carbocycles. The molecule has 160 valence electrons. The first-order valence-corrected chi connectivity index (χ1v) is 10.5. The number of amides is 3. The highest BCUT2D eigenvalue weighted by Crippen LogP contribution is 2.31. The van der Waals surface area contributed by atoms with E-state index in [9.17, 15) is 14.0 Å². The molecule has 0 radical (unpaired) electrons. The molecule has 30 heavy (non-hydrogen) atoms. The van der Waals surface area contributed by atoms with E-state index in [0.717, 1.165) is 16.7 Å². The maximum Gasteiger partial charge on any atom is 0.317 e. The van der Waals surface area contributed by atoms with Crippen LogP contribution in [-0.2, 0) is 11.3 Å². The highest BCUT2D eigenvalue weighted by molar-refractivity contribution is 5.81. The monoisotopic (exact) mass is 411 g/mol.